The standard InChI is InChI=1S/C9H12O2S/c1-7(6-9(10)11-2)8-4-3-5-12-8/h3-5,7H,6H2,1-2H3/t7-/m0/s1. The molecule has 0 saturated carbocycles. The second-order valence-electron chi connectivity index (χ2n) is 2.70. The summed E-state index contributed by atoms with van der Waals surface area (Å²) in [6.07, 6.45) is 0.469. The molecule has 0 bridgehead atoms. The predicted octanol–water partition coefficient (Wildman–Crippen LogP) is 2.41. The molecule has 1 aromatic heterocycles. The monoisotopic (exact) mass is 184 g/mol. The Morgan fingerprint density at radius 1 is 1.75 bits per heavy atom. The van der Waals surface area contributed by atoms with E-state index in [2.05, 4.69) is 4.74 Å². The SMILES string of the molecule is COC(=O)C[C@H](C)c1cccs1. The zero-order chi connectivity index (χ0) is 8.97. The van der Waals surface area contributed by atoms with Gasteiger partial charge in [-0.05, 0) is 11.4 Å². The summed E-state index contributed by atoms with van der Waals surface area (Å²) in [5, 5.41) is 2.02. The highest BCUT2D eigenvalue weighted by molar-refractivity contribution is 7.10. The first-order valence-electron chi connectivity index (χ1n) is 3.84. The Hall–Kier alpha value is -0.830. The Morgan fingerprint density at radius 3 is 3.00 bits per heavy atom. The third-order valence-corrected chi connectivity index (χ3v) is 2.83. The van der Waals surface area contributed by atoms with E-state index in [0.29, 0.717) is 6.42 Å². The van der Waals surface area contributed by atoms with Crippen molar-refractivity contribution in [3.8, 4) is 0 Å². The van der Waals surface area contributed by atoms with Gasteiger partial charge >= 0.3 is 5.97 Å². The Kier molecular flexibility index (Phi) is 3.29. The first-order chi connectivity index (χ1) is 5.74. The Balaban J connectivity index is 2.49. The molecule has 0 amide bonds. The van der Waals surface area contributed by atoms with Crippen molar-refractivity contribution in [2.75, 3.05) is 7.11 Å². The van der Waals surface area contributed by atoms with Gasteiger partial charge in [-0.15, -0.1) is 11.3 Å². The molecule has 0 fully saturated rings. The number of ether oxygens (including phenoxy) is 1. The zero-order valence-corrected chi connectivity index (χ0v) is 8.06. The number of carbonyl (C=O) groups is 1. The van der Waals surface area contributed by atoms with Gasteiger partial charge in [-0.25, -0.2) is 0 Å². The normalized spacial score (nSPS) is 12.5. The third-order valence-electron chi connectivity index (χ3n) is 1.73. The minimum atomic E-state index is -0.143. The van der Waals surface area contributed by atoms with E-state index in [1.807, 2.05) is 24.4 Å². The molecule has 1 aromatic rings. The fourth-order valence-corrected chi connectivity index (χ4v) is 1.79. The molecule has 0 radical (unpaired) electrons. The van der Waals surface area contributed by atoms with E-state index in [4.69, 9.17) is 0 Å². The minimum Gasteiger partial charge on any atom is -0.469 e. The lowest BCUT2D eigenvalue weighted by Gasteiger charge is -2.06. The van der Waals surface area contributed by atoms with E-state index < -0.39 is 0 Å². The topological polar surface area (TPSA) is 26.3 Å². The molecular weight excluding hydrogens is 172 g/mol. The highest BCUT2D eigenvalue weighted by Crippen LogP contribution is 2.23. The van der Waals surface area contributed by atoms with Crippen molar-refractivity contribution in [2.45, 2.75) is 19.3 Å². The summed E-state index contributed by atoms with van der Waals surface area (Å²) in [6, 6.07) is 4.03. The average molecular weight is 184 g/mol. The quantitative estimate of drug-likeness (QED) is 0.674. The van der Waals surface area contributed by atoms with Gasteiger partial charge in [-0.3, -0.25) is 4.79 Å². The molecule has 66 valence electrons. The highest BCUT2D eigenvalue weighted by atomic mass is 32.1. The molecular formula is C9H12O2S. The summed E-state index contributed by atoms with van der Waals surface area (Å²) >= 11 is 1.68. The minimum absolute atomic E-state index is 0.143. The van der Waals surface area contributed by atoms with Crippen LogP contribution in [0.4, 0.5) is 0 Å². The average Bonchev–Trinajstić information content (AvgIpc) is 2.56. The maximum atomic E-state index is 10.9. The van der Waals surface area contributed by atoms with Gasteiger partial charge in [0.25, 0.3) is 0 Å². The molecule has 0 unspecified atom stereocenters. The summed E-state index contributed by atoms with van der Waals surface area (Å²) < 4.78 is 4.58. The summed E-state index contributed by atoms with van der Waals surface area (Å²) in [5.74, 6) is 0.133. The van der Waals surface area contributed by atoms with E-state index in [9.17, 15) is 4.79 Å². The largest absolute Gasteiger partial charge is 0.469 e. The van der Waals surface area contributed by atoms with Crippen molar-refractivity contribution >= 4 is 17.3 Å². The van der Waals surface area contributed by atoms with Crippen LogP contribution in [-0.2, 0) is 9.53 Å². The molecule has 1 atom stereocenters. The number of hydrogen-bond acceptors (Lipinski definition) is 3. The molecule has 0 spiro atoms. The van der Waals surface area contributed by atoms with Crippen LogP contribution in [0.5, 0.6) is 0 Å². The van der Waals surface area contributed by atoms with Crippen LogP contribution in [0.3, 0.4) is 0 Å². The van der Waals surface area contributed by atoms with Gasteiger partial charge in [0.1, 0.15) is 0 Å². The van der Waals surface area contributed by atoms with Crippen LogP contribution >= 0.6 is 11.3 Å². The molecule has 0 aromatic carbocycles. The second-order valence-corrected chi connectivity index (χ2v) is 3.68. The van der Waals surface area contributed by atoms with Crippen molar-refractivity contribution in [3.05, 3.63) is 22.4 Å². The van der Waals surface area contributed by atoms with Gasteiger partial charge in [0.2, 0.25) is 0 Å². The van der Waals surface area contributed by atoms with Crippen LogP contribution in [0.2, 0.25) is 0 Å². The fourth-order valence-electron chi connectivity index (χ4n) is 1.01. The zero-order valence-electron chi connectivity index (χ0n) is 7.24. The number of esters is 1. The molecule has 0 aliphatic carbocycles. The Labute approximate surface area is 76.2 Å². The van der Waals surface area contributed by atoms with Gasteiger partial charge in [0, 0.05) is 10.8 Å². The van der Waals surface area contributed by atoms with Crippen LogP contribution < -0.4 is 0 Å². The number of methoxy groups -OCH3 is 1. The van der Waals surface area contributed by atoms with E-state index >= 15 is 0 Å². The summed E-state index contributed by atoms with van der Waals surface area (Å²) in [6.45, 7) is 2.03. The lowest BCUT2D eigenvalue weighted by molar-refractivity contribution is -0.140. The molecule has 12 heavy (non-hydrogen) atoms. The van der Waals surface area contributed by atoms with Crippen molar-refractivity contribution in [3.63, 3.8) is 0 Å². The van der Waals surface area contributed by atoms with E-state index in [0.717, 1.165) is 0 Å². The molecule has 1 heterocycles. The lowest BCUT2D eigenvalue weighted by atomic mass is 10.1. The Bertz CT molecular complexity index is 241. The molecule has 0 N–H and O–H groups in total. The summed E-state index contributed by atoms with van der Waals surface area (Å²) in [4.78, 5) is 12.1. The molecule has 0 saturated heterocycles. The lowest BCUT2D eigenvalue weighted by Crippen LogP contribution is -2.04. The van der Waals surface area contributed by atoms with Crippen LogP contribution in [0.25, 0.3) is 0 Å². The number of carbonyl (C=O) groups excluding carboxylic acids is 1. The molecule has 0 aliphatic heterocycles. The highest BCUT2D eigenvalue weighted by Gasteiger charge is 2.11. The fraction of sp³-hybridized carbons (Fsp3) is 0.444. The van der Waals surface area contributed by atoms with Gasteiger partial charge in [-0.1, -0.05) is 13.0 Å². The van der Waals surface area contributed by atoms with Gasteiger partial charge < -0.3 is 4.74 Å². The second kappa shape index (κ2) is 4.26. The van der Waals surface area contributed by atoms with E-state index in [-0.39, 0.29) is 11.9 Å². The number of hydrogen-bond donors (Lipinski definition) is 0. The third kappa shape index (κ3) is 2.34. The number of thiophene rings is 1. The van der Waals surface area contributed by atoms with Crippen molar-refractivity contribution in [1.29, 1.82) is 0 Å². The van der Waals surface area contributed by atoms with E-state index in [1.54, 1.807) is 11.3 Å². The van der Waals surface area contributed by atoms with Crippen LogP contribution in [-0.4, -0.2) is 13.1 Å². The van der Waals surface area contributed by atoms with E-state index in [1.165, 1.54) is 12.0 Å². The first kappa shape index (κ1) is 9.26. The van der Waals surface area contributed by atoms with Crippen molar-refractivity contribution < 1.29 is 9.53 Å². The van der Waals surface area contributed by atoms with Crippen molar-refractivity contribution in [1.82, 2.24) is 0 Å². The van der Waals surface area contributed by atoms with Gasteiger partial charge in [-0.2, -0.15) is 0 Å². The van der Waals surface area contributed by atoms with Gasteiger partial charge in [0.15, 0.2) is 0 Å². The van der Waals surface area contributed by atoms with Crippen LogP contribution in [0, 0.1) is 0 Å². The van der Waals surface area contributed by atoms with Gasteiger partial charge in [0.05, 0.1) is 13.5 Å². The molecule has 0 aliphatic rings. The van der Waals surface area contributed by atoms with Crippen molar-refractivity contribution in [2.24, 2.45) is 0 Å². The molecule has 3 heteroatoms. The maximum Gasteiger partial charge on any atom is 0.306 e. The smallest absolute Gasteiger partial charge is 0.306 e. The first-order valence-corrected chi connectivity index (χ1v) is 4.72. The summed E-state index contributed by atoms with van der Waals surface area (Å²) in [5.41, 5.74) is 0. The number of rotatable bonds is 3. The Morgan fingerprint density at radius 2 is 2.50 bits per heavy atom. The van der Waals surface area contributed by atoms with Crippen LogP contribution in [0.1, 0.15) is 24.1 Å². The predicted molar refractivity (Wildman–Crippen MR) is 49.4 cm³/mol. The molecule has 1 rings (SSSR count). The maximum absolute atomic E-state index is 10.9. The molecule has 2 nitrogen and oxygen atoms in total. The van der Waals surface area contributed by atoms with Crippen LogP contribution in [0.15, 0.2) is 17.5 Å². The summed E-state index contributed by atoms with van der Waals surface area (Å²) in [7, 11) is 1.42.